The van der Waals surface area contributed by atoms with Crippen molar-refractivity contribution < 1.29 is 14.4 Å². The number of benzene rings is 2. The molecule has 30 heavy (non-hydrogen) atoms. The zero-order chi connectivity index (χ0) is 21.7. The Labute approximate surface area is 170 Å². The molecule has 0 fully saturated rings. The fourth-order valence-corrected chi connectivity index (χ4v) is 2.29. The molecular formula is C18H17FN8O3. The first-order valence-corrected chi connectivity index (χ1v) is 8.55. The third kappa shape index (κ3) is 4.92. The topological polar surface area (TPSA) is 142 Å². The molecule has 0 atom stereocenters. The van der Waals surface area contributed by atoms with Crippen LogP contribution in [0.15, 0.2) is 47.6 Å². The van der Waals surface area contributed by atoms with Crippen molar-refractivity contribution in [2.75, 3.05) is 29.7 Å². The number of aromatic hydroxyl groups is 1. The lowest BCUT2D eigenvalue weighted by Crippen LogP contribution is -2.15. The summed E-state index contributed by atoms with van der Waals surface area (Å²) in [7, 11) is 3.48. The number of nitro groups is 1. The van der Waals surface area contributed by atoms with E-state index in [1.54, 1.807) is 19.0 Å². The lowest BCUT2D eigenvalue weighted by Gasteiger charge is -2.13. The van der Waals surface area contributed by atoms with E-state index < -0.39 is 16.4 Å². The average molecular weight is 412 g/mol. The average Bonchev–Trinajstić information content (AvgIpc) is 2.70. The van der Waals surface area contributed by atoms with E-state index in [1.807, 2.05) is 0 Å². The van der Waals surface area contributed by atoms with E-state index in [4.69, 9.17) is 0 Å². The number of hydrogen-bond donors (Lipinski definition) is 3. The normalized spacial score (nSPS) is 10.8. The fraction of sp³-hybridized carbons (Fsp3) is 0.111. The molecule has 0 saturated carbocycles. The van der Waals surface area contributed by atoms with Gasteiger partial charge in [-0.1, -0.05) is 6.07 Å². The third-order valence-corrected chi connectivity index (χ3v) is 3.73. The summed E-state index contributed by atoms with van der Waals surface area (Å²) in [6.07, 6.45) is 1.20. The minimum Gasteiger partial charge on any atom is -0.502 e. The van der Waals surface area contributed by atoms with E-state index in [0.29, 0.717) is 11.6 Å². The smallest absolute Gasteiger partial charge is 0.311 e. The first kappa shape index (κ1) is 20.4. The minimum atomic E-state index is -0.692. The molecule has 0 aliphatic rings. The van der Waals surface area contributed by atoms with Crippen molar-refractivity contribution in [1.29, 1.82) is 0 Å². The summed E-state index contributed by atoms with van der Waals surface area (Å²) in [6.45, 7) is 0. The number of hydrazone groups is 1. The summed E-state index contributed by atoms with van der Waals surface area (Å²) in [5.41, 5.74) is 2.88. The Bertz CT molecular complexity index is 1090. The van der Waals surface area contributed by atoms with Crippen molar-refractivity contribution in [3.05, 3.63) is 64.0 Å². The predicted octanol–water partition coefficient (Wildman–Crippen LogP) is 2.88. The summed E-state index contributed by atoms with van der Waals surface area (Å²) < 4.78 is 13.1. The van der Waals surface area contributed by atoms with Crippen molar-refractivity contribution in [1.82, 2.24) is 15.0 Å². The van der Waals surface area contributed by atoms with Crippen LogP contribution in [0.25, 0.3) is 0 Å². The van der Waals surface area contributed by atoms with Crippen molar-refractivity contribution in [3.63, 3.8) is 0 Å². The number of para-hydroxylation sites is 1. The second-order valence-electron chi connectivity index (χ2n) is 6.15. The molecule has 0 unspecified atom stereocenters. The molecule has 0 aliphatic heterocycles. The molecular weight excluding hydrogens is 395 g/mol. The second-order valence-corrected chi connectivity index (χ2v) is 6.15. The molecule has 0 saturated heterocycles. The summed E-state index contributed by atoms with van der Waals surface area (Å²) in [5.74, 6) is -0.274. The number of nitrogens with one attached hydrogen (secondary N) is 2. The van der Waals surface area contributed by atoms with Gasteiger partial charge in [-0.25, -0.2) is 9.82 Å². The fourth-order valence-electron chi connectivity index (χ4n) is 2.29. The molecule has 3 N–H and O–H groups in total. The van der Waals surface area contributed by atoms with Crippen molar-refractivity contribution in [2.45, 2.75) is 0 Å². The van der Waals surface area contributed by atoms with Gasteiger partial charge in [0.15, 0.2) is 0 Å². The molecule has 1 aromatic heterocycles. The van der Waals surface area contributed by atoms with Crippen LogP contribution in [0.4, 0.5) is 33.6 Å². The Morgan fingerprint density at radius 3 is 2.50 bits per heavy atom. The lowest BCUT2D eigenvalue weighted by atomic mass is 10.2. The van der Waals surface area contributed by atoms with Gasteiger partial charge in [0.05, 0.1) is 11.1 Å². The maximum Gasteiger partial charge on any atom is 0.311 e. The zero-order valence-electron chi connectivity index (χ0n) is 15.9. The van der Waals surface area contributed by atoms with Gasteiger partial charge in [-0.15, -0.1) is 0 Å². The highest BCUT2D eigenvalue weighted by molar-refractivity contribution is 5.85. The van der Waals surface area contributed by atoms with Gasteiger partial charge in [-0.05, 0) is 30.3 Å². The van der Waals surface area contributed by atoms with Crippen LogP contribution in [0, 0.1) is 15.9 Å². The molecule has 0 aliphatic carbocycles. The van der Waals surface area contributed by atoms with Gasteiger partial charge in [0.25, 0.3) is 0 Å². The summed E-state index contributed by atoms with van der Waals surface area (Å²) >= 11 is 0. The summed E-state index contributed by atoms with van der Waals surface area (Å²) in [4.78, 5) is 24.5. The van der Waals surface area contributed by atoms with Gasteiger partial charge in [0.2, 0.25) is 23.6 Å². The van der Waals surface area contributed by atoms with Crippen molar-refractivity contribution in [3.8, 4) is 5.75 Å². The van der Waals surface area contributed by atoms with Gasteiger partial charge >= 0.3 is 5.69 Å². The highest BCUT2D eigenvalue weighted by Gasteiger charge is 2.15. The summed E-state index contributed by atoms with van der Waals surface area (Å²) in [5, 5.41) is 27.7. The lowest BCUT2D eigenvalue weighted by molar-refractivity contribution is -0.385. The molecule has 0 bridgehead atoms. The van der Waals surface area contributed by atoms with E-state index in [2.05, 4.69) is 30.8 Å². The number of hydrogen-bond acceptors (Lipinski definition) is 10. The largest absolute Gasteiger partial charge is 0.502 e. The summed E-state index contributed by atoms with van der Waals surface area (Å²) in [6, 6.07) is 9.74. The monoisotopic (exact) mass is 412 g/mol. The number of phenolic OH excluding ortho intramolecular Hbond substituents is 1. The van der Waals surface area contributed by atoms with E-state index in [1.165, 1.54) is 48.7 Å². The van der Waals surface area contributed by atoms with Crippen LogP contribution < -0.4 is 15.6 Å². The number of anilines is 4. The van der Waals surface area contributed by atoms with Gasteiger partial charge in [0.1, 0.15) is 5.82 Å². The highest BCUT2D eigenvalue weighted by atomic mass is 19.1. The Kier molecular flexibility index (Phi) is 5.96. The van der Waals surface area contributed by atoms with E-state index >= 15 is 0 Å². The van der Waals surface area contributed by atoms with Crippen LogP contribution in [0.3, 0.4) is 0 Å². The van der Waals surface area contributed by atoms with Crippen LogP contribution in [-0.2, 0) is 0 Å². The Balaban J connectivity index is 1.82. The Morgan fingerprint density at radius 1 is 1.13 bits per heavy atom. The first-order valence-electron chi connectivity index (χ1n) is 8.55. The number of phenols is 1. The first-order chi connectivity index (χ1) is 14.3. The third-order valence-electron chi connectivity index (χ3n) is 3.73. The van der Waals surface area contributed by atoms with Crippen LogP contribution in [0.1, 0.15) is 5.56 Å². The molecule has 12 heteroatoms. The second kappa shape index (κ2) is 8.77. The van der Waals surface area contributed by atoms with Gasteiger partial charge < -0.3 is 15.3 Å². The maximum atomic E-state index is 13.1. The Hall–Kier alpha value is -4.35. The molecule has 0 spiro atoms. The van der Waals surface area contributed by atoms with E-state index in [9.17, 15) is 19.6 Å². The zero-order valence-corrected chi connectivity index (χ0v) is 15.9. The van der Waals surface area contributed by atoms with Crippen molar-refractivity contribution in [2.24, 2.45) is 5.10 Å². The minimum absolute atomic E-state index is 0.0829. The standard InChI is InChI=1S/C18H17FN8O3/c1-26(2)18-23-16(21-13-8-6-12(19)7-9-13)22-17(24-18)25-20-10-11-4-3-5-14(15(11)28)27(29)30/h3-10,28H,1-2H3,(H2,21,22,23,24,25)/b20-10-. The SMILES string of the molecule is CN(C)c1nc(N/N=C\c2cccc([N+](=O)[O-])c2O)nc(Nc2ccc(F)cc2)n1. The van der Waals surface area contributed by atoms with Gasteiger partial charge in [-0.2, -0.15) is 20.1 Å². The van der Waals surface area contributed by atoms with Gasteiger partial charge in [-0.3, -0.25) is 10.1 Å². The van der Waals surface area contributed by atoms with E-state index in [0.717, 1.165) is 0 Å². The molecule has 0 amide bonds. The quantitative estimate of drug-likeness (QED) is 0.303. The molecule has 2 aromatic carbocycles. The van der Waals surface area contributed by atoms with Crippen molar-refractivity contribution >= 4 is 35.4 Å². The molecule has 3 aromatic rings. The van der Waals surface area contributed by atoms with E-state index in [-0.39, 0.29) is 23.3 Å². The highest BCUT2D eigenvalue weighted by Crippen LogP contribution is 2.28. The molecule has 11 nitrogen and oxygen atoms in total. The predicted molar refractivity (Wildman–Crippen MR) is 110 cm³/mol. The van der Waals surface area contributed by atoms with Crippen LogP contribution >= 0.6 is 0 Å². The van der Waals surface area contributed by atoms with Crippen LogP contribution in [-0.4, -0.2) is 45.3 Å². The van der Waals surface area contributed by atoms with Crippen LogP contribution in [0.2, 0.25) is 0 Å². The Morgan fingerprint density at radius 2 is 1.83 bits per heavy atom. The molecule has 1 heterocycles. The number of rotatable bonds is 7. The number of nitrogens with zero attached hydrogens (tertiary/aromatic N) is 6. The molecule has 0 radical (unpaired) electrons. The number of aromatic nitrogens is 3. The molecule has 3 rings (SSSR count). The molecule has 154 valence electrons. The number of nitro benzene ring substituents is 1. The van der Waals surface area contributed by atoms with Crippen LogP contribution in [0.5, 0.6) is 5.75 Å². The van der Waals surface area contributed by atoms with Gasteiger partial charge in [0, 0.05) is 31.4 Å². The number of halogens is 1. The maximum absolute atomic E-state index is 13.1.